The van der Waals surface area contributed by atoms with E-state index < -0.39 is 167 Å². The van der Waals surface area contributed by atoms with Crippen LogP contribution in [0.1, 0.15) is 465 Å². The molecule has 2 aliphatic heterocycles. The van der Waals surface area contributed by atoms with Crippen LogP contribution in [0.2, 0.25) is 0 Å². The number of hydrogen-bond donors (Lipinski definition) is 9. The van der Waals surface area contributed by atoms with Gasteiger partial charge in [0.05, 0.1) is 44.5 Å². The van der Waals surface area contributed by atoms with E-state index in [9.17, 15) is 68.7 Å². The molecular weight excluding hydrogens is 1560 g/mol. The summed E-state index contributed by atoms with van der Waals surface area (Å²) in [5.74, 6) is -6.81. The molecule has 0 aliphatic carbocycles. The first kappa shape index (κ1) is 112. The van der Waals surface area contributed by atoms with Gasteiger partial charge in [-0.25, -0.2) is 9.36 Å². The van der Waals surface area contributed by atoms with Crippen LogP contribution in [-0.2, 0) is 75.8 Å². The molecule has 2 aliphatic rings. The third-order valence-corrected chi connectivity index (χ3v) is 24.1. The fourth-order valence-electron chi connectivity index (χ4n) is 16.3. The predicted molar refractivity (Wildman–Crippen MR) is 470 cm³/mol. The number of phosphoric ester groups is 1. The minimum absolute atomic E-state index is 0.0711. The Morgan fingerprint density at radius 2 is 0.667 bits per heavy atom. The number of carbonyl (C=O) groups is 7. The number of amides is 2. The molecule has 2 fully saturated rings. The van der Waals surface area contributed by atoms with Crippen LogP contribution in [0.15, 0.2) is 0 Å². The fourth-order valence-corrected chi connectivity index (χ4v) is 16.9. The Morgan fingerprint density at radius 3 is 1.03 bits per heavy atom. The number of nitrogens with one attached hydrogen (secondary N) is 2. The number of ether oxygens (including phenoxy) is 7. The largest absolute Gasteiger partial charge is 0.479 e. The molecule has 2 amide bonds. The van der Waals surface area contributed by atoms with Crippen molar-refractivity contribution in [3.05, 3.63) is 0 Å². The van der Waals surface area contributed by atoms with Gasteiger partial charge in [-0.1, -0.05) is 375 Å². The van der Waals surface area contributed by atoms with Gasteiger partial charge >= 0.3 is 37.7 Å². The van der Waals surface area contributed by atoms with Crippen molar-refractivity contribution in [3.8, 4) is 0 Å². The average Bonchev–Trinajstić information content (AvgIpc) is 0.769. The summed E-state index contributed by atoms with van der Waals surface area (Å²) >= 11 is 0. The van der Waals surface area contributed by atoms with Crippen LogP contribution < -0.4 is 10.6 Å². The molecule has 25 nitrogen and oxygen atoms in total. The van der Waals surface area contributed by atoms with E-state index in [1.54, 1.807) is 0 Å². The average molecular weight is 1730 g/mol. The molecule has 0 bridgehead atoms. The number of rotatable bonds is 82. The monoisotopic (exact) mass is 1730 g/mol. The third-order valence-electron chi connectivity index (χ3n) is 23.6. The van der Waals surface area contributed by atoms with E-state index in [0.717, 1.165) is 250 Å². The Labute approximate surface area is 725 Å². The molecule has 0 spiro atoms. The minimum atomic E-state index is -5.80. The van der Waals surface area contributed by atoms with Gasteiger partial charge in [0.1, 0.15) is 42.6 Å². The zero-order chi connectivity index (χ0) is 88.1. The topological polar surface area (TPSA) is 376 Å². The van der Waals surface area contributed by atoms with Crippen LogP contribution in [0.4, 0.5) is 0 Å². The van der Waals surface area contributed by atoms with Crippen molar-refractivity contribution >= 4 is 49.5 Å². The Kier molecular flexibility index (Phi) is 69.4. The molecule has 2 rings (SSSR count). The summed E-state index contributed by atoms with van der Waals surface area (Å²) in [6, 6.07) is -3.68. The maximum atomic E-state index is 15.1. The van der Waals surface area contributed by atoms with Crippen molar-refractivity contribution in [2.45, 2.75) is 551 Å². The number of carboxylic acids is 1. The quantitative estimate of drug-likeness (QED) is 0.0118. The molecule has 0 aromatic heterocycles. The molecule has 0 saturated carbocycles. The van der Waals surface area contributed by atoms with Crippen molar-refractivity contribution in [1.82, 2.24) is 10.6 Å². The molecule has 0 radical (unpaired) electrons. The highest BCUT2D eigenvalue weighted by molar-refractivity contribution is 7.46. The second-order valence-electron chi connectivity index (χ2n) is 35.0. The first-order valence-electron chi connectivity index (χ1n) is 49.0. The Hall–Kier alpha value is -3.88. The molecule has 0 aromatic carbocycles. The summed E-state index contributed by atoms with van der Waals surface area (Å²) in [6.45, 7) is 12.1. The lowest BCUT2D eigenvalue weighted by Gasteiger charge is -2.46. The summed E-state index contributed by atoms with van der Waals surface area (Å²) in [5.41, 5.74) is 0. The molecule has 1 unspecified atom stereocenters. The Bertz CT molecular complexity index is 2600. The first-order chi connectivity index (χ1) is 58.0. The van der Waals surface area contributed by atoms with Gasteiger partial charge < -0.3 is 79.1 Å². The van der Waals surface area contributed by atoms with Crippen LogP contribution in [-0.4, -0.2) is 169 Å². The van der Waals surface area contributed by atoms with Gasteiger partial charge in [-0.05, 0) is 51.4 Å². The first-order valence-corrected chi connectivity index (χ1v) is 50.5. The van der Waals surface area contributed by atoms with Crippen LogP contribution in [0.3, 0.4) is 0 Å². The number of phosphoric acid groups is 1. The van der Waals surface area contributed by atoms with E-state index in [1.807, 2.05) is 0 Å². The lowest BCUT2D eigenvalue weighted by molar-refractivity contribution is -0.295. The summed E-state index contributed by atoms with van der Waals surface area (Å²) in [6.07, 6.45) is 34.6. The van der Waals surface area contributed by atoms with E-state index >= 15 is 4.79 Å². The number of aliphatic hydroxyl groups is 4. The lowest BCUT2D eigenvalue weighted by Crippen LogP contribution is -2.68. The summed E-state index contributed by atoms with van der Waals surface area (Å²) in [4.78, 5) is 120. The van der Waals surface area contributed by atoms with Gasteiger partial charge in [0.2, 0.25) is 11.8 Å². The molecule has 14 atom stereocenters. The SMILES string of the molecule is CCCCCCCCCCCCCC(=O)O[C@H](CCCCCCCCCCC)CC(=O)O[C@@H]1[C@@H](NC(=O)C[C@@H](CCCCCCCCCCC)OC(=O)CCCCCCCCCCC)[C@H](OC[C@H]2OC(O)[C@H](NC(=O)C[C@H](O)CCCCCCCCCCC)[C@@H](OC(=O)C[C@H](O)CCCCCCCCCCC)[C@@H]2O)O[C@H](C(=O)O)[C@H]1OP(=O)(O)O. The third kappa shape index (κ3) is 58.4. The number of carbonyl (C=O) groups excluding carboxylic acids is 6. The zero-order valence-corrected chi connectivity index (χ0v) is 77.0. The second kappa shape index (κ2) is 74.2. The van der Waals surface area contributed by atoms with E-state index in [0.29, 0.717) is 44.9 Å². The van der Waals surface area contributed by atoms with Gasteiger partial charge in [-0.3, -0.25) is 33.3 Å². The van der Waals surface area contributed by atoms with Crippen LogP contribution >= 0.6 is 7.82 Å². The van der Waals surface area contributed by atoms with E-state index in [2.05, 4.69) is 52.2 Å². The fraction of sp³-hybridized carbons (Fsp3) is 0.926. The molecule has 9 N–H and O–H groups in total. The smallest absolute Gasteiger partial charge is 0.470 e. The van der Waals surface area contributed by atoms with Gasteiger partial charge in [0.15, 0.2) is 30.9 Å². The van der Waals surface area contributed by atoms with Gasteiger partial charge in [0, 0.05) is 12.8 Å². The van der Waals surface area contributed by atoms with Crippen molar-refractivity contribution in [2.24, 2.45) is 0 Å². The molecule has 704 valence electrons. The lowest BCUT2D eigenvalue weighted by atomic mass is 9.95. The molecule has 2 heterocycles. The maximum absolute atomic E-state index is 15.1. The van der Waals surface area contributed by atoms with Crippen molar-refractivity contribution < 1.29 is 111 Å². The second-order valence-corrected chi connectivity index (χ2v) is 36.2. The van der Waals surface area contributed by atoms with E-state index in [-0.39, 0.29) is 32.1 Å². The molecule has 26 heteroatoms. The zero-order valence-electron chi connectivity index (χ0n) is 76.1. The van der Waals surface area contributed by atoms with Crippen molar-refractivity contribution in [2.75, 3.05) is 6.61 Å². The Morgan fingerprint density at radius 1 is 0.358 bits per heavy atom. The number of esters is 4. The summed E-state index contributed by atoms with van der Waals surface area (Å²) < 4.78 is 61.0. The van der Waals surface area contributed by atoms with Gasteiger partial charge in [-0.2, -0.15) is 0 Å². The highest BCUT2D eigenvalue weighted by Crippen LogP contribution is 2.43. The Balaban J connectivity index is 2.77. The summed E-state index contributed by atoms with van der Waals surface area (Å²) in [7, 11) is -5.80. The number of unbranched alkanes of at least 4 members (excludes halogenated alkanes) is 50. The normalized spacial score (nSPS) is 20.4. The number of hydrogen-bond acceptors (Lipinski definition) is 20. The van der Waals surface area contributed by atoms with Gasteiger partial charge in [0.25, 0.3) is 0 Å². The van der Waals surface area contributed by atoms with E-state index in [4.69, 9.17) is 37.7 Å². The van der Waals surface area contributed by atoms with Crippen molar-refractivity contribution in [3.63, 3.8) is 0 Å². The van der Waals surface area contributed by atoms with Gasteiger partial charge in [-0.15, -0.1) is 0 Å². The molecule has 2 saturated heterocycles. The van der Waals surface area contributed by atoms with Crippen LogP contribution in [0.25, 0.3) is 0 Å². The maximum Gasteiger partial charge on any atom is 0.470 e. The molecule has 120 heavy (non-hydrogen) atoms. The standard InChI is InChI=1S/C94H175N2O23P/c1-7-13-19-25-31-37-38-44-50-56-62-68-82(102)114-77(66-60-54-48-42-35-29-23-17-11-5)72-84(104)117-89-86(96-80(100)71-76(65-59-53-47-41-34-28-22-16-10-4)113-81(101)67-61-55-49-43-36-30-24-18-12-6)94(118-91(92(106)107)90(89)119-120(109,110)111)112-73-78-87(105)88(116-83(103)70-75(98)64-58-52-46-40-33-27-21-15-9-3)85(93(108)115-78)95-79(99)69-74(97)63-57-51-45-39-32-26-20-14-8-2/h74-78,85-91,93-94,97-98,105,108H,7-73H2,1-6H3,(H,95,99)(H,96,100)(H,106,107)(H2,109,110,111)/t74-,75-,76-,77-,78-,85-,86-,87-,88-,89-,90+,91+,93?,94-/m1/s1. The predicted octanol–water partition coefficient (Wildman–Crippen LogP) is 20.6. The highest BCUT2D eigenvalue weighted by Gasteiger charge is 2.56. The van der Waals surface area contributed by atoms with E-state index in [1.165, 1.54) is 70.6 Å². The van der Waals surface area contributed by atoms with Crippen LogP contribution in [0.5, 0.6) is 0 Å². The number of aliphatic carboxylic acids is 1. The van der Waals surface area contributed by atoms with Crippen molar-refractivity contribution in [1.29, 1.82) is 0 Å². The molecule has 0 aromatic rings. The number of carboxylic acid groups (broad SMARTS) is 1. The highest BCUT2D eigenvalue weighted by atomic mass is 31.2. The minimum Gasteiger partial charge on any atom is -0.479 e. The molecular formula is C94H175N2O23P. The summed E-state index contributed by atoms with van der Waals surface area (Å²) in [5, 5.41) is 62.9. The van der Waals surface area contributed by atoms with Crippen LogP contribution in [0, 0.1) is 0 Å². The number of aliphatic hydroxyl groups excluding tert-OH is 4.